The number of nitrogens with zero attached hydrogens (tertiary/aromatic N) is 4. The third-order valence-electron chi connectivity index (χ3n) is 2.79. The summed E-state index contributed by atoms with van der Waals surface area (Å²) in [7, 11) is 0. The van der Waals surface area contributed by atoms with E-state index in [4.69, 9.17) is 0 Å². The standard InChI is InChI=1S/C11H14N6O2/c1-2-10(12-7-11-13-15-16-14-11)8-4-3-5-9(6-8)17(18)19/h3-6,10,12H,2,7H2,1H3,(H,13,14,15,16). The minimum absolute atomic E-state index is 0.0124. The Morgan fingerprint density at radius 1 is 1.53 bits per heavy atom. The second-order valence-corrected chi connectivity index (χ2v) is 4.02. The van der Waals surface area contributed by atoms with Crippen LogP contribution in [0.5, 0.6) is 0 Å². The van der Waals surface area contributed by atoms with E-state index in [2.05, 4.69) is 25.9 Å². The molecule has 0 amide bonds. The first-order valence-electron chi connectivity index (χ1n) is 5.90. The maximum Gasteiger partial charge on any atom is 0.269 e. The van der Waals surface area contributed by atoms with Crippen LogP contribution >= 0.6 is 0 Å². The number of rotatable bonds is 6. The Kier molecular flexibility index (Phi) is 4.14. The number of benzene rings is 1. The quantitative estimate of drug-likeness (QED) is 0.600. The molecule has 1 heterocycles. The molecule has 1 atom stereocenters. The van der Waals surface area contributed by atoms with Crippen LogP contribution in [0.1, 0.15) is 30.8 Å². The van der Waals surface area contributed by atoms with Crippen molar-refractivity contribution < 1.29 is 4.92 Å². The molecule has 2 rings (SSSR count). The van der Waals surface area contributed by atoms with Gasteiger partial charge in [-0.1, -0.05) is 24.3 Å². The minimum Gasteiger partial charge on any atom is -0.303 e. The summed E-state index contributed by atoms with van der Waals surface area (Å²) in [6.45, 7) is 2.46. The van der Waals surface area contributed by atoms with Crippen molar-refractivity contribution in [2.75, 3.05) is 0 Å². The van der Waals surface area contributed by atoms with Gasteiger partial charge < -0.3 is 5.32 Å². The van der Waals surface area contributed by atoms with Crippen LogP contribution < -0.4 is 5.32 Å². The van der Waals surface area contributed by atoms with Gasteiger partial charge in [-0.25, -0.2) is 0 Å². The van der Waals surface area contributed by atoms with Gasteiger partial charge in [-0.3, -0.25) is 10.1 Å². The van der Waals surface area contributed by atoms with Crippen molar-refractivity contribution in [2.45, 2.75) is 25.9 Å². The van der Waals surface area contributed by atoms with Crippen molar-refractivity contribution in [3.8, 4) is 0 Å². The first-order valence-corrected chi connectivity index (χ1v) is 5.90. The Bertz CT molecular complexity index is 542. The van der Waals surface area contributed by atoms with Gasteiger partial charge in [0.25, 0.3) is 5.69 Å². The second-order valence-electron chi connectivity index (χ2n) is 4.02. The van der Waals surface area contributed by atoms with E-state index in [1.54, 1.807) is 12.1 Å². The van der Waals surface area contributed by atoms with Crippen molar-refractivity contribution in [1.82, 2.24) is 25.9 Å². The lowest BCUT2D eigenvalue weighted by Crippen LogP contribution is -2.21. The van der Waals surface area contributed by atoms with Gasteiger partial charge in [0.1, 0.15) is 0 Å². The minimum atomic E-state index is -0.393. The number of nitro groups is 1. The Morgan fingerprint density at radius 3 is 3.00 bits per heavy atom. The zero-order valence-corrected chi connectivity index (χ0v) is 10.4. The molecule has 1 aromatic carbocycles. The number of non-ortho nitro benzene ring substituents is 1. The number of aromatic amines is 1. The van der Waals surface area contributed by atoms with E-state index in [1.807, 2.05) is 13.0 Å². The average Bonchev–Trinajstić information content (AvgIpc) is 2.93. The zero-order valence-electron chi connectivity index (χ0n) is 10.4. The molecule has 1 unspecified atom stereocenters. The summed E-state index contributed by atoms with van der Waals surface area (Å²) in [6, 6.07) is 6.63. The predicted octanol–water partition coefficient (Wildman–Crippen LogP) is 1.35. The van der Waals surface area contributed by atoms with Gasteiger partial charge in [-0.05, 0) is 12.0 Å². The largest absolute Gasteiger partial charge is 0.303 e. The number of H-pyrrole nitrogens is 1. The highest BCUT2D eigenvalue weighted by molar-refractivity contribution is 5.35. The Balaban J connectivity index is 2.08. The van der Waals surface area contributed by atoms with E-state index >= 15 is 0 Å². The molecular weight excluding hydrogens is 248 g/mol. The van der Waals surface area contributed by atoms with Crippen LogP contribution in [0.3, 0.4) is 0 Å². The van der Waals surface area contributed by atoms with Gasteiger partial charge in [0.05, 0.1) is 11.5 Å². The maximum absolute atomic E-state index is 10.8. The van der Waals surface area contributed by atoms with Crippen LogP contribution in [-0.2, 0) is 6.54 Å². The summed E-state index contributed by atoms with van der Waals surface area (Å²) in [5.74, 6) is 0.559. The highest BCUT2D eigenvalue weighted by Crippen LogP contribution is 2.21. The summed E-state index contributed by atoms with van der Waals surface area (Å²) in [5, 5.41) is 27.5. The summed E-state index contributed by atoms with van der Waals surface area (Å²) in [5.41, 5.74) is 0.970. The van der Waals surface area contributed by atoms with Crippen LogP contribution in [0.25, 0.3) is 0 Å². The lowest BCUT2D eigenvalue weighted by Gasteiger charge is -2.16. The van der Waals surface area contributed by atoms with Crippen molar-refractivity contribution in [3.63, 3.8) is 0 Å². The van der Waals surface area contributed by atoms with E-state index < -0.39 is 4.92 Å². The van der Waals surface area contributed by atoms with Crippen LogP contribution in [0.4, 0.5) is 5.69 Å². The number of nitrogens with one attached hydrogen (secondary N) is 2. The van der Waals surface area contributed by atoms with Gasteiger partial charge in [0.2, 0.25) is 0 Å². The first kappa shape index (κ1) is 13.1. The molecule has 19 heavy (non-hydrogen) atoms. The van der Waals surface area contributed by atoms with Crippen LogP contribution in [-0.4, -0.2) is 25.5 Å². The lowest BCUT2D eigenvalue weighted by atomic mass is 10.0. The molecule has 0 aliphatic carbocycles. The van der Waals surface area contributed by atoms with E-state index in [-0.39, 0.29) is 11.7 Å². The molecule has 8 nitrogen and oxygen atoms in total. The third-order valence-corrected chi connectivity index (χ3v) is 2.79. The average molecular weight is 262 g/mol. The Morgan fingerprint density at radius 2 is 2.37 bits per heavy atom. The maximum atomic E-state index is 10.8. The van der Waals surface area contributed by atoms with Crippen molar-refractivity contribution in [3.05, 3.63) is 45.8 Å². The molecule has 0 saturated carbocycles. The molecular formula is C11H14N6O2. The molecule has 2 aromatic rings. The van der Waals surface area contributed by atoms with Gasteiger partial charge in [0, 0.05) is 18.2 Å². The van der Waals surface area contributed by atoms with E-state index in [0.29, 0.717) is 12.4 Å². The SMILES string of the molecule is CCC(NCc1nn[nH]n1)c1cccc([N+](=O)[O-])c1. The summed E-state index contributed by atoms with van der Waals surface area (Å²) in [6.07, 6.45) is 0.805. The summed E-state index contributed by atoms with van der Waals surface area (Å²) >= 11 is 0. The molecule has 0 radical (unpaired) electrons. The van der Waals surface area contributed by atoms with Crippen LogP contribution in [0.15, 0.2) is 24.3 Å². The van der Waals surface area contributed by atoms with E-state index in [9.17, 15) is 10.1 Å². The van der Waals surface area contributed by atoms with Crippen LogP contribution in [0, 0.1) is 10.1 Å². The number of tetrazole rings is 1. The topological polar surface area (TPSA) is 110 Å². The molecule has 0 spiro atoms. The Labute approximate surface area is 109 Å². The first-order chi connectivity index (χ1) is 9.20. The van der Waals surface area contributed by atoms with Gasteiger partial charge in [-0.15, -0.1) is 10.2 Å². The highest BCUT2D eigenvalue weighted by atomic mass is 16.6. The molecule has 0 fully saturated rings. The molecule has 0 aliphatic rings. The monoisotopic (exact) mass is 262 g/mol. The Hall–Kier alpha value is -2.35. The predicted molar refractivity (Wildman–Crippen MR) is 67.1 cm³/mol. The molecule has 1 aromatic heterocycles. The zero-order chi connectivity index (χ0) is 13.7. The fraction of sp³-hybridized carbons (Fsp3) is 0.364. The smallest absolute Gasteiger partial charge is 0.269 e. The fourth-order valence-electron chi connectivity index (χ4n) is 1.82. The van der Waals surface area contributed by atoms with Gasteiger partial charge >= 0.3 is 0 Å². The van der Waals surface area contributed by atoms with Crippen molar-refractivity contribution >= 4 is 5.69 Å². The van der Waals surface area contributed by atoms with E-state index in [0.717, 1.165) is 12.0 Å². The fourth-order valence-corrected chi connectivity index (χ4v) is 1.82. The molecule has 100 valence electrons. The molecule has 0 bridgehead atoms. The van der Waals surface area contributed by atoms with E-state index in [1.165, 1.54) is 6.07 Å². The van der Waals surface area contributed by atoms with Crippen LogP contribution in [0.2, 0.25) is 0 Å². The molecule has 2 N–H and O–H groups in total. The number of nitro benzene ring substituents is 1. The molecule has 8 heteroatoms. The van der Waals surface area contributed by atoms with Crippen molar-refractivity contribution in [2.24, 2.45) is 0 Å². The normalized spacial score (nSPS) is 12.3. The molecule has 0 aliphatic heterocycles. The van der Waals surface area contributed by atoms with Gasteiger partial charge in [0.15, 0.2) is 5.82 Å². The number of hydrogen-bond acceptors (Lipinski definition) is 6. The van der Waals surface area contributed by atoms with Gasteiger partial charge in [-0.2, -0.15) is 5.21 Å². The summed E-state index contributed by atoms with van der Waals surface area (Å²) in [4.78, 5) is 10.4. The lowest BCUT2D eigenvalue weighted by molar-refractivity contribution is -0.384. The summed E-state index contributed by atoms with van der Waals surface area (Å²) < 4.78 is 0. The molecule has 0 saturated heterocycles. The van der Waals surface area contributed by atoms with Crippen molar-refractivity contribution in [1.29, 1.82) is 0 Å². The highest BCUT2D eigenvalue weighted by Gasteiger charge is 2.13. The second kappa shape index (κ2) is 6.01. The number of aromatic nitrogens is 4. The third kappa shape index (κ3) is 3.32. The number of hydrogen-bond donors (Lipinski definition) is 2.